The minimum atomic E-state index is -0.272. The van der Waals surface area contributed by atoms with Crippen molar-refractivity contribution in [3.8, 4) is 5.75 Å². The van der Waals surface area contributed by atoms with Gasteiger partial charge in [0.15, 0.2) is 0 Å². The van der Waals surface area contributed by atoms with E-state index in [2.05, 4.69) is 48.7 Å². The Morgan fingerprint density at radius 2 is 1.88 bits per heavy atom. The molecule has 0 aromatic heterocycles. The largest absolute Gasteiger partial charge is 0.493 e. The van der Waals surface area contributed by atoms with Crippen LogP contribution in [-0.4, -0.2) is 18.6 Å². The highest BCUT2D eigenvalue weighted by Crippen LogP contribution is 2.31. The van der Waals surface area contributed by atoms with Crippen molar-refractivity contribution in [2.45, 2.75) is 51.7 Å². The maximum Gasteiger partial charge on any atom is 0.237 e. The number of fused-ring (bicyclic) bond motifs is 1. The number of aryl methyl sites for hydroxylation is 1. The van der Waals surface area contributed by atoms with Crippen molar-refractivity contribution in [1.29, 1.82) is 0 Å². The lowest BCUT2D eigenvalue weighted by Gasteiger charge is -2.28. The number of benzene rings is 2. The zero-order valence-electron chi connectivity index (χ0n) is 15.8. The molecule has 4 nitrogen and oxygen atoms in total. The summed E-state index contributed by atoms with van der Waals surface area (Å²) in [7, 11) is 0. The first-order valence-electron chi connectivity index (χ1n) is 9.45. The van der Waals surface area contributed by atoms with E-state index in [-0.39, 0.29) is 24.0 Å². The van der Waals surface area contributed by atoms with Crippen LogP contribution >= 0.6 is 0 Å². The lowest BCUT2D eigenvalue weighted by Crippen LogP contribution is -2.45. The van der Waals surface area contributed by atoms with E-state index in [1.165, 1.54) is 11.1 Å². The fourth-order valence-electron chi connectivity index (χ4n) is 3.38. The van der Waals surface area contributed by atoms with Gasteiger partial charge < -0.3 is 10.1 Å². The van der Waals surface area contributed by atoms with Crippen molar-refractivity contribution in [2.24, 2.45) is 0 Å². The van der Waals surface area contributed by atoms with Crippen LogP contribution < -0.4 is 15.4 Å². The van der Waals surface area contributed by atoms with Crippen LogP contribution in [0.3, 0.4) is 0 Å². The summed E-state index contributed by atoms with van der Waals surface area (Å²) in [6.45, 7) is 6.79. The standard InChI is InChI=1S/C22H28N2O2/c1-4-17-9-11-18(12-10-17)15(2)23-16(3)22(25)24-20-13-14-26-21-8-6-5-7-19(20)21/h5-12,15-16,20,23H,4,13-14H2,1-3H3,(H,24,25). The molecule has 0 saturated heterocycles. The van der Waals surface area contributed by atoms with Crippen LogP contribution in [0, 0.1) is 0 Å². The summed E-state index contributed by atoms with van der Waals surface area (Å²) in [6.07, 6.45) is 1.83. The van der Waals surface area contributed by atoms with E-state index in [1.807, 2.05) is 31.2 Å². The van der Waals surface area contributed by atoms with Crippen LogP contribution in [0.15, 0.2) is 48.5 Å². The van der Waals surface area contributed by atoms with E-state index in [4.69, 9.17) is 4.74 Å². The quantitative estimate of drug-likeness (QED) is 0.828. The second-order valence-electron chi connectivity index (χ2n) is 6.94. The molecule has 0 radical (unpaired) electrons. The lowest BCUT2D eigenvalue weighted by molar-refractivity contribution is -0.123. The molecule has 1 aliphatic rings. The molecule has 1 aliphatic heterocycles. The molecule has 0 saturated carbocycles. The third kappa shape index (κ3) is 4.25. The zero-order valence-corrected chi connectivity index (χ0v) is 15.8. The molecule has 3 rings (SSSR count). The molecule has 2 aromatic rings. The number of hydrogen-bond donors (Lipinski definition) is 2. The highest BCUT2D eigenvalue weighted by Gasteiger charge is 2.25. The van der Waals surface area contributed by atoms with E-state index in [0.717, 1.165) is 24.2 Å². The van der Waals surface area contributed by atoms with Gasteiger partial charge in [-0.15, -0.1) is 0 Å². The molecule has 26 heavy (non-hydrogen) atoms. The highest BCUT2D eigenvalue weighted by molar-refractivity contribution is 5.82. The normalized spacial score (nSPS) is 18.3. The van der Waals surface area contributed by atoms with Gasteiger partial charge in [-0.25, -0.2) is 0 Å². The van der Waals surface area contributed by atoms with Gasteiger partial charge in [0.25, 0.3) is 0 Å². The summed E-state index contributed by atoms with van der Waals surface area (Å²) in [5.74, 6) is 0.887. The molecule has 4 heteroatoms. The third-order valence-electron chi connectivity index (χ3n) is 5.06. The monoisotopic (exact) mass is 352 g/mol. The van der Waals surface area contributed by atoms with Gasteiger partial charge in [-0.1, -0.05) is 49.4 Å². The van der Waals surface area contributed by atoms with Crippen molar-refractivity contribution >= 4 is 5.91 Å². The first kappa shape index (κ1) is 18.5. The molecule has 2 N–H and O–H groups in total. The maximum absolute atomic E-state index is 12.7. The van der Waals surface area contributed by atoms with Crippen molar-refractivity contribution in [1.82, 2.24) is 10.6 Å². The van der Waals surface area contributed by atoms with Crippen LogP contribution in [0.5, 0.6) is 5.75 Å². The number of hydrogen-bond acceptors (Lipinski definition) is 3. The van der Waals surface area contributed by atoms with Crippen molar-refractivity contribution in [3.05, 3.63) is 65.2 Å². The van der Waals surface area contributed by atoms with E-state index in [1.54, 1.807) is 0 Å². The van der Waals surface area contributed by atoms with Crippen LogP contribution in [0.25, 0.3) is 0 Å². The number of nitrogens with one attached hydrogen (secondary N) is 2. The van der Waals surface area contributed by atoms with Gasteiger partial charge in [-0.3, -0.25) is 10.1 Å². The van der Waals surface area contributed by atoms with Gasteiger partial charge >= 0.3 is 0 Å². The van der Waals surface area contributed by atoms with Crippen molar-refractivity contribution in [2.75, 3.05) is 6.61 Å². The number of ether oxygens (including phenoxy) is 1. The Morgan fingerprint density at radius 1 is 1.15 bits per heavy atom. The topological polar surface area (TPSA) is 50.4 Å². The summed E-state index contributed by atoms with van der Waals surface area (Å²) in [5, 5.41) is 6.57. The first-order valence-corrected chi connectivity index (χ1v) is 9.45. The molecule has 138 valence electrons. The smallest absolute Gasteiger partial charge is 0.237 e. The van der Waals surface area contributed by atoms with Crippen molar-refractivity contribution in [3.63, 3.8) is 0 Å². The number of carbonyl (C=O) groups is 1. The summed E-state index contributed by atoms with van der Waals surface area (Å²) >= 11 is 0. The van der Waals surface area contributed by atoms with Gasteiger partial charge in [0.2, 0.25) is 5.91 Å². The molecule has 0 aliphatic carbocycles. The molecule has 1 amide bonds. The predicted octanol–water partition coefficient (Wildman–Crippen LogP) is 3.93. The molecule has 3 unspecified atom stereocenters. The maximum atomic E-state index is 12.7. The fraction of sp³-hybridized carbons (Fsp3) is 0.409. The molecular weight excluding hydrogens is 324 g/mol. The Balaban J connectivity index is 1.59. The van der Waals surface area contributed by atoms with Crippen LogP contribution in [0.1, 0.15) is 56.0 Å². The van der Waals surface area contributed by atoms with Gasteiger partial charge in [-0.05, 0) is 37.5 Å². The lowest BCUT2D eigenvalue weighted by atomic mass is 10.00. The molecular formula is C22H28N2O2. The van der Waals surface area contributed by atoms with Crippen LogP contribution in [0.2, 0.25) is 0 Å². The Hall–Kier alpha value is -2.33. The molecule has 3 atom stereocenters. The Bertz CT molecular complexity index is 742. The third-order valence-corrected chi connectivity index (χ3v) is 5.06. The van der Waals surface area contributed by atoms with E-state index < -0.39 is 0 Å². The molecule has 1 heterocycles. The molecule has 0 spiro atoms. The van der Waals surface area contributed by atoms with Crippen LogP contribution in [0.4, 0.5) is 0 Å². The van der Waals surface area contributed by atoms with Gasteiger partial charge in [0.05, 0.1) is 18.7 Å². The number of amides is 1. The number of para-hydroxylation sites is 1. The van der Waals surface area contributed by atoms with Crippen LogP contribution in [-0.2, 0) is 11.2 Å². The second-order valence-corrected chi connectivity index (χ2v) is 6.94. The molecule has 0 fully saturated rings. The minimum absolute atomic E-state index is 0.0100. The number of rotatable bonds is 6. The SMILES string of the molecule is CCc1ccc(C(C)NC(C)C(=O)NC2CCOc3ccccc32)cc1. The predicted molar refractivity (Wildman–Crippen MR) is 104 cm³/mol. The minimum Gasteiger partial charge on any atom is -0.493 e. The Labute approximate surface area is 156 Å². The van der Waals surface area contributed by atoms with Gasteiger partial charge in [0, 0.05) is 18.0 Å². The number of carbonyl (C=O) groups excluding carboxylic acids is 1. The average Bonchev–Trinajstić information content (AvgIpc) is 2.68. The summed E-state index contributed by atoms with van der Waals surface area (Å²) in [4.78, 5) is 12.7. The Morgan fingerprint density at radius 3 is 2.62 bits per heavy atom. The zero-order chi connectivity index (χ0) is 18.5. The Kier molecular flexibility index (Phi) is 5.94. The summed E-state index contributed by atoms with van der Waals surface area (Å²) in [5.41, 5.74) is 3.57. The van der Waals surface area contributed by atoms with E-state index >= 15 is 0 Å². The molecule has 2 aromatic carbocycles. The summed E-state index contributed by atoms with van der Waals surface area (Å²) in [6, 6.07) is 16.3. The fourth-order valence-corrected chi connectivity index (χ4v) is 3.38. The first-order chi connectivity index (χ1) is 12.6. The van der Waals surface area contributed by atoms with E-state index in [0.29, 0.717) is 6.61 Å². The van der Waals surface area contributed by atoms with E-state index in [9.17, 15) is 4.79 Å². The van der Waals surface area contributed by atoms with Gasteiger partial charge in [0.1, 0.15) is 5.75 Å². The highest BCUT2D eigenvalue weighted by atomic mass is 16.5. The average molecular weight is 352 g/mol. The second kappa shape index (κ2) is 8.37. The van der Waals surface area contributed by atoms with Gasteiger partial charge in [-0.2, -0.15) is 0 Å². The molecule has 0 bridgehead atoms. The van der Waals surface area contributed by atoms with Crippen molar-refractivity contribution < 1.29 is 9.53 Å². The summed E-state index contributed by atoms with van der Waals surface area (Å²) < 4.78 is 5.67.